The van der Waals surface area contributed by atoms with Crippen molar-refractivity contribution in [3.8, 4) is 17.0 Å². The number of carbonyl (C=O) groups is 1. The van der Waals surface area contributed by atoms with Crippen molar-refractivity contribution in [2.24, 2.45) is 5.73 Å². The monoisotopic (exact) mass is 366 g/mol. The third-order valence-electron chi connectivity index (χ3n) is 4.77. The highest BCUT2D eigenvalue weighted by Gasteiger charge is 2.33. The first-order valence-corrected chi connectivity index (χ1v) is 8.87. The molecule has 0 fully saturated rings. The van der Waals surface area contributed by atoms with Crippen LogP contribution >= 0.6 is 0 Å². The van der Waals surface area contributed by atoms with Gasteiger partial charge in [-0.3, -0.25) is 14.5 Å². The van der Waals surface area contributed by atoms with Crippen molar-refractivity contribution in [3.63, 3.8) is 0 Å². The second kappa shape index (κ2) is 6.64. The number of anilines is 1. The Morgan fingerprint density at radius 2 is 2.07 bits per heavy atom. The van der Waals surface area contributed by atoms with Gasteiger partial charge >= 0.3 is 0 Å². The Morgan fingerprint density at radius 3 is 2.81 bits per heavy atom. The minimum atomic E-state index is -0.168. The summed E-state index contributed by atoms with van der Waals surface area (Å²) in [5.74, 6) is -0.204. The highest BCUT2D eigenvalue weighted by molar-refractivity contribution is 6.28. The fourth-order valence-corrected chi connectivity index (χ4v) is 3.51. The number of nitrogens with one attached hydrogen (secondary N) is 1. The number of pyridine rings is 1. The summed E-state index contributed by atoms with van der Waals surface area (Å²) < 4.78 is 1.89. The highest BCUT2D eigenvalue weighted by Crippen LogP contribution is 2.44. The molecule has 4 rings (SSSR count). The fourth-order valence-electron chi connectivity index (χ4n) is 3.51. The SMILES string of the molecule is CN(C)CCn1nc2c3c(c(NCCN)ccc31)C(=O)c1cncc(O)c1-2. The molecule has 1 aromatic carbocycles. The predicted octanol–water partition coefficient (Wildman–Crippen LogP) is 1.28. The number of benzene rings is 1. The van der Waals surface area contributed by atoms with E-state index in [0.29, 0.717) is 42.0 Å². The molecule has 1 aliphatic carbocycles. The second-order valence-electron chi connectivity index (χ2n) is 6.88. The molecule has 1 aliphatic rings. The Hall–Kier alpha value is -2.97. The minimum absolute atomic E-state index is 0.0361. The number of aromatic hydroxyl groups is 1. The van der Waals surface area contributed by atoms with E-state index in [1.807, 2.05) is 30.9 Å². The van der Waals surface area contributed by atoms with E-state index in [1.165, 1.54) is 12.4 Å². The molecule has 0 bridgehead atoms. The maximum atomic E-state index is 13.2. The number of carbonyl (C=O) groups excluding carboxylic acids is 1. The molecule has 8 heteroatoms. The summed E-state index contributed by atoms with van der Waals surface area (Å²) in [5.41, 5.74) is 9.20. The van der Waals surface area contributed by atoms with Crippen LogP contribution in [0.5, 0.6) is 5.75 Å². The lowest BCUT2D eigenvalue weighted by molar-refractivity contribution is 0.104. The first-order valence-electron chi connectivity index (χ1n) is 8.87. The number of hydrogen-bond acceptors (Lipinski definition) is 7. The molecule has 8 nitrogen and oxygen atoms in total. The third-order valence-corrected chi connectivity index (χ3v) is 4.77. The van der Waals surface area contributed by atoms with Crippen molar-refractivity contribution in [1.82, 2.24) is 19.7 Å². The molecular formula is C19H22N6O2. The number of likely N-dealkylation sites (N-methyl/N-ethyl adjacent to an activating group) is 1. The lowest BCUT2D eigenvalue weighted by Crippen LogP contribution is -2.19. The second-order valence-corrected chi connectivity index (χ2v) is 6.88. The maximum absolute atomic E-state index is 13.2. The average molecular weight is 366 g/mol. The zero-order valence-electron chi connectivity index (χ0n) is 15.4. The number of hydrogen-bond donors (Lipinski definition) is 3. The Bertz CT molecular complexity index is 1040. The van der Waals surface area contributed by atoms with Crippen LogP contribution < -0.4 is 11.1 Å². The number of fused-ring (bicyclic) bond motifs is 2. The summed E-state index contributed by atoms with van der Waals surface area (Å²) in [6.07, 6.45) is 2.84. The van der Waals surface area contributed by atoms with E-state index in [1.54, 1.807) is 0 Å². The van der Waals surface area contributed by atoms with Crippen LogP contribution in [0.15, 0.2) is 24.5 Å². The van der Waals surface area contributed by atoms with Gasteiger partial charge in [0.25, 0.3) is 0 Å². The van der Waals surface area contributed by atoms with Crippen LogP contribution in [0.4, 0.5) is 5.69 Å². The van der Waals surface area contributed by atoms with E-state index < -0.39 is 0 Å². The Labute approximate surface area is 156 Å². The Balaban J connectivity index is 2.00. The van der Waals surface area contributed by atoms with Gasteiger partial charge in [0.1, 0.15) is 11.4 Å². The van der Waals surface area contributed by atoms with Gasteiger partial charge in [0.15, 0.2) is 5.78 Å². The molecule has 0 spiro atoms. The quantitative estimate of drug-likeness (QED) is 0.471. The molecule has 3 aromatic rings. The van der Waals surface area contributed by atoms with Crippen LogP contribution in [-0.2, 0) is 6.54 Å². The number of nitrogens with zero attached hydrogens (tertiary/aromatic N) is 4. The summed E-state index contributed by atoms with van der Waals surface area (Å²) in [5, 5.41) is 19.1. The van der Waals surface area contributed by atoms with Crippen molar-refractivity contribution in [1.29, 1.82) is 0 Å². The molecular weight excluding hydrogens is 344 g/mol. The first-order chi connectivity index (χ1) is 13.0. The zero-order chi connectivity index (χ0) is 19.1. The Morgan fingerprint density at radius 1 is 1.26 bits per heavy atom. The molecule has 2 aromatic heterocycles. The molecule has 0 aliphatic heterocycles. The van der Waals surface area contributed by atoms with Crippen molar-refractivity contribution >= 4 is 22.4 Å². The van der Waals surface area contributed by atoms with Crippen LogP contribution in [0, 0.1) is 0 Å². The zero-order valence-corrected chi connectivity index (χ0v) is 15.4. The van der Waals surface area contributed by atoms with Crippen LogP contribution in [0.25, 0.3) is 22.2 Å². The van der Waals surface area contributed by atoms with Crippen LogP contribution in [-0.4, -0.2) is 64.3 Å². The number of ketones is 1. The molecule has 4 N–H and O–H groups in total. The molecule has 0 atom stereocenters. The first kappa shape index (κ1) is 17.4. The summed E-state index contributed by atoms with van der Waals surface area (Å²) >= 11 is 0. The Kier molecular flexibility index (Phi) is 4.29. The summed E-state index contributed by atoms with van der Waals surface area (Å²) in [7, 11) is 4.00. The van der Waals surface area contributed by atoms with Gasteiger partial charge in [-0.25, -0.2) is 0 Å². The lowest BCUT2D eigenvalue weighted by atomic mass is 9.87. The fraction of sp³-hybridized carbons (Fsp3) is 0.316. The molecule has 140 valence electrons. The molecule has 0 saturated carbocycles. The van der Waals surface area contributed by atoms with Crippen molar-refractivity contribution in [3.05, 3.63) is 35.7 Å². The highest BCUT2D eigenvalue weighted by atomic mass is 16.3. The van der Waals surface area contributed by atoms with E-state index in [2.05, 4.69) is 15.2 Å². The van der Waals surface area contributed by atoms with Crippen molar-refractivity contribution in [2.75, 3.05) is 39.0 Å². The van der Waals surface area contributed by atoms with Crippen molar-refractivity contribution < 1.29 is 9.90 Å². The van der Waals surface area contributed by atoms with Gasteiger partial charge in [-0.2, -0.15) is 5.10 Å². The van der Waals surface area contributed by atoms with Gasteiger partial charge in [0.05, 0.1) is 34.9 Å². The smallest absolute Gasteiger partial charge is 0.198 e. The predicted molar refractivity (Wildman–Crippen MR) is 104 cm³/mol. The number of rotatable bonds is 6. The molecule has 27 heavy (non-hydrogen) atoms. The minimum Gasteiger partial charge on any atom is -0.506 e. The van der Waals surface area contributed by atoms with E-state index >= 15 is 0 Å². The van der Waals surface area contributed by atoms with Crippen LogP contribution in [0.1, 0.15) is 15.9 Å². The topological polar surface area (TPSA) is 109 Å². The summed E-state index contributed by atoms with van der Waals surface area (Å²) in [4.78, 5) is 19.3. The van der Waals surface area contributed by atoms with Gasteiger partial charge < -0.3 is 21.1 Å². The summed E-state index contributed by atoms with van der Waals surface area (Å²) in [6.45, 7) is 2.50. The van der Waals surface area contributed by atoms with Crippen LogP contribution in [0.3, 0.4) is 0 Å². The molecule has 0 unspecified atom stereocenters. The van der Waals surface area contributed by atoms with Gasteiger partial charge in [-0.15, -0.1) is 0 Å². The van der Waals surface area contributed by atoms with Crippen LogP contribution in [0.2, 0.25) is 0 Å². The van der Waals surface area contributed by atoms with Gasteiger partial charge in [-0.1, -0.05) is 0 Å². The molecule has 0 radical (unpaired) electrons. The van der Waals surface area contributed by atoms with E-state index in [0.717, 1.165) is 23.1 Å². The molecule has 0 amide bonds. The summed E-state index contributed by atoms with van der Waals surface area (Å²) in [6, 6.07) is 3.85. The normalized spacial score (nSPS) is 12.7. The average Bonchev–Trinajstić information content (AvgIpc) is 3.01. The van der Waals surface area contributed by atoms with E-state index in [4.69, 9.17) is 10.8 Å². The van der Waals surface area contributed by atoms with Crippen molar-refractivity contribution in [2.45, 2.75) is 6.54 Å². The van der Waals surface area contributed by atoms with E-state index in [-0.39, 0.29) is 11.5 Å². The third kappa shape index (κ3) is 2.73. The molecule has 0 saturated heterocycles. The molecule has 2 heterocycles. The number of nitrogens with two attached hydrogens (primary N) is 1. The lowest BCUT2D eigenvalue weighted by Gasteiger charge is -2.18. The van der Waals surface area contributed by atoms with Gasteiger partial charge in [0.2, 0.25) is 0 Å². The number of aromatic nitrogens is 3. The van der Waals surface area contributed by atoms with Gasteiger partial charge in [-0.05, 0) is 26.2 Å². The van der Waals surface area contributed by atoms with E-state index in [9.17, 15) is 9.90 Å². The standard InChI is InChI=1S/C19H22N6O2/c1-24(2)7-8-25-13-4-3-12(22-6-5-20)16-17(13)18(23-25)15-11(19(16)27)9-21-10-14(15)26/h3-4,9-10,22,26H,5-8,20H2,1-2H3. The van der Waals surface area contributed by atoms with Gasteiger partial charge in [0, 0.05) is 36.9 Å². The largest absolute Gasteiger partial charge is 0.506 e. The maximum Gasteiger partial charge on any atom is 0.198 e.